The molecule has 0 unspecified atom stereocenters. The lowest BCUT2D eigenvalue weighted by Gasteiger charge is -2.34. The lowest BCUT2D eigenvalue weighted by Crippen LogP contribution is -2.37. The molecule has 0 bridgehead atoms. The van der Waals surface area contributed by atoms with E-state index in [-0.39, 0.29) is 29.7 Å². The maximum absolute atomic E-state index is 12.6. The van der Waals surface area contributed by atoms with Crippen molar-refractivity contribution < 1.29 is 29.6 Å². The zero-order valence-electron chi connectivity index (χ0n) is 22.5. The van der Waals surface area contributed by atoms with E-state index >= 15 is 0 Å². The number of nitrogens with two attached hydrogens (primary N) is 1. The average molecular weight is 546 g/mol. The Kier molecular flexibility index (Phi) is 7.03. The van der Waals surface area contributed by atoms with E-state index in [9.17, 15) is 24.9 Å². The van der Waals surface area contributed by atoms with E-state index in [4.69, 9.17) is 15.5 Å². The second kappa shape index (κ2) is 10.3. The lowest BCUT2D eigenvalue weighted by atomic mass is 9.77. The minimum Gasteiger partial charge on any atom is -0.496 e. The van der Waals surface area contributed by atoms with Crippen LogP contribution in [0.15, 0.2) is 36.7 Å². The van der Waals surface area contributed by atoms with Crippen molar-refractivity contribution in [3.05, 3.63) is 59.0 Å². The number of carboxylic acids is 1. The fourth-order valence-electron chi connectivity index (χ4n) is 5.56. The summed E-state index contributed by atoms with van der Waals surface area (Å²) in [5.74, 6) is -0.913. The quantitative estimate of drug-likeness (QED) is 0.251. The number of carboxylic acid groups (broad SMARTS) is 1. The van der Waals surface area contributed by atoms with Crippen LogP contribution in [0.2, 0.25) is 0 Å². The number of aliphatic hydroxyl groups excluding tert-OH is 1. The topological polar surface area (TPSA) is 173 Å². The van der Waals surface area contributed by atoms with Crippen molar-refractivity contribution in [2.45, 2.75) is 51.0 Å². The molecule has 1 fully saturated rings. The first-order valence-corrected chi connectivity index (χ1v) is 13.0. The molecule has 1 aliphatic rings. The summed E-state index contributed by atoms with van der Waals surface area (Å²) < 4.78 is 6.71. The van der Waals surface area contributed by atoms with Gasteiger partial charge in [0.25, 0.3) is 0 Å². The number of hydrogen-bond acceptors (Lipinski definition) is 9. The van der Waals surface area contributed by atoms with Gasteiger partial charge >= 0.3 is 5.97 Å². The number of aromatic carboxylic acids is 1. The van der Waals surface area contributed by atoms with Crippen molar-refractivity contribution in [2.24, 2.45) is 0 Å². The highest BCUT2D eigenvalue weighted by Crippen LogP contribution is 2.40. The molecule has 0 atom stereocenters. The van der Waals surface area contributed by atoms with Gasteiger partial charge in [0.15, 0.2) is 11.4 Å². The summed E-state index contributed by atoms with van der Waals surface area (Å²) in [5, 5.41) is 34.0. The standard InChI is InChI=1S/C29H31N5O6/c1-15-10-19(11-20(28(37)38)25(15)40-3)22-5-4-18(12-31-22)21-13-32-34-26(30)23(16(2)36)24(33-27(21)34)17-6-8-29(39,14-35)9-7-17/h4-5,10-13,17,35,39H,6-9,14,30H2,1-3H3,(H,37,38). The fraction of sp³-hybridized carbons (Fsp3) is 0.345. The summed E-state index contributed by atoms with van der Waals surface area (Å²) in [7, 11) is 1.44. The van der Waals surface area contributed by atoms with Crippen LogP contribution in [0.1, 0.15) is 70.5 Å². The Morgan fingerprint density at radius 3 is 2.48 bits per heavy atom. The van der Waals surface area contributed by atoms with Gasteiger partial charge in [-0.05, 0) is 63.3 Å². The van der Waals surface area contributed by atoms with E-state index in [1.165, 1.54) is 24.6 Å². The molecule has 208 valence electrons. The Morgan fingerprint density at radius 1 is 1.18 bits per heavy atom. The number of Topliss-reactive ketones (excluding diaryl/α,β-unsaturated/α-hetero) is 1. The number of ether oxygens (including phenoxy) is 1. The van der Waals surface area contributed by atoms with Crippen molar-refractivity contribution in [1.29, 1.82) is 0 Å². The first-order valence-electron chi connectivity index (χ1n) is 13.0. The highest BCUT2D eigenvalue weighted by Gasteiger charge is 2.36. The van der Waals surface area contributed by atoms with Gasteiger partial charge in [-0.15, -0.1) is 0 Å². The number of nitrogen functional groups attached to an aromatic ring is 1. The molecule has 40 heavy (non-hydrogen) atoms. The van der Waals surface area contributed by atoms with E-state index in [1.54, 1.807) is 25.4 Å². The number of hydrogen-bond donors (Lipinski definition) is 4. The third-order valence-corrected chi connectivity index (χ3v) is 7.74. The summed E-state index contributed by atoms with van der Waals surface area (Å²) in [4.78, 5) is 33.9. The number of rotatable bonds is 7. The smallest absolute Gasteiger partial charge is 0.339 e. The second-order valence-electron chi connectivity index (χ2n) is 10.4. The molecule has 11 nitrogen and oxygen atoms in total. The largest absolute Gasteiger partial charge is 0.496 e. The van der Waals surface area contributed by atoms with Gasteiger partial charge in [-0.2, -0.15) is 9.61 Å². The number of carbonyl (C=O) groups is 2. The van der Waals surface area contributed by atoms with Crippen LogP contribution in [-0.2, 0) is 0 Å². The Bertz CT molecular complexity index is 1620. The molecule has 0 aliphatic heterocycles. The van der Waals surface area contributed by atoms with Crippen LogP contribution in [0.25, 0.3) is 28.0 Å². The number of anilines is 1. The van der Waals surface area contributed by atoms with Crippen LogP contribution in [0.5, 0.6) is 5.75 Å². The highest BCUT2D eigenvalue weighted by molar-refractivity contribution is 6.00. The molecule has 1 saturated carbocycles. The summed E-state index contributed by atoms with van der Waals surface area (Å²) in [5.41, 5.74) is 10.0. The Hall–Kier alpha value is -4.35. The maximum atomic E-state index is 12.6. The zero-order chi connectivity index (χ0) is 28.8. The number of carbonyl (C=O) groups excluding carboxylic acids is 1. The molecule has 1 aromatic carbocycles. The molecular weight excluding hydrogens is 514 g/mol. The predicted molar refractivity (Wildman–Crippen MR) is 148 cm³/mol. The second-order valence-corrected chi connectivity index (χ2v) is 10.4. The molecule has 3 aromatic heterocycles. The van der Waals surface area contributed by atoms with E-state index in [0.29, 0.717) is 76.3 Å². The van der Waals surface area contributed by atoms with Crippen molar-refractivity contribution in [2.75, 3.05) is 19.5 Å². The highest BCUT2D eigenvalue weighted by atomic mass is 16.5. The fourth-order valence-corrected chi connectivity index (χ4v) is 5.56. The molecule has 11 heteroatoms. The summed E-state index contributed by atoms with van der Waals surface area (Å²) in [6.45, 7) is 2.92. The lowest BCUT2D eigenvalue weighted by molar-refractivity contribution is -0.0458. The van der Waals surface area contributed by atoms with E-state index < -0.39 is 11.6 Å². The molecule has 3 heterocycles. The Labute approximate surface area is 230 Å². The average Bonchev–Trinajstić information content (AvgIpc) is 3.37. The summed E-state index contributed by atoms with van der Waals surface area (Å²) >= 11 is 0. The molecule has 5 rings (SSSR count). The molecular formula is C29H31N5O6. The van der Waals surface area contributed by atoms with Crippen molar-refractivity contribution >= 4 is 23.2 Å². The van der Waals surface area contributed by atoms with Crippen LogP contribution in [0.4, 0.5) is 5.82 Å². The minimum atomic E-state index is -1.12. The number of pyridine rings is 1. The summed E-state index contributed by atoms with van der Waals surface area (Å²) in [6, 6.07) is 6.99. The number of aliphatic hydroxyl groups is 2. The monoisotopic (exact) mass is 545 g/mol. The molecule has 0 saturated heterocycles. The van der Waals surface area contributed by atoms with Crippen LogP contribution < -0.4 is 10.5 Å². The van der Waals surface area contributed by atoms with Gasteiger partial charge in [-0.25, -0.2) is 9.78 Å². The van der Waals surface area contributed by atoms with Crippen molar-refractivity contribution in [3.8, 4) is 28.1 Å². The van der Waals surface area contributed by atoms with Crippen LogP contribution in [0.3, 0.4) is 0 Å². The third kappa shape index (κ3) is 4.67. The molecule has 1 aliphatic carbocycles. The van der Waals surface area contributed by atoms with Gasteiger partial charge < -0.3 is 25.8 Å². The Balaban J connectivity index is 1.55. The number of aryl methyl sites for hydroxylation is 1. The normalized spacial score (nSPS) is 19.1. The van der Waals surface area contributed by atoms with Crippen LogP contribution >= 0.6 is 0 Å². The van der Waals surface area contributed by atoms with Gasteiger partial charge in [0.2, 0.25) is 0 Å². The van der Waals surface area contributed by atoms with Gasteiger partial charge in [0.05, 0.1) is 42.5 Å². The van der Waals surface area contributed by atoms with E-state index in [0.717, 1.165) is 0 Å². The Morgan fingerprint density at radius 2 is 1.90 bits per heavy atom. The SMILES string of the molecule is COc1c(C)cc(-c2ccc(-c3cnn4c(N)c(C(C)=O)c(C5CCC(O)(CO)CC5)nc34)cn2)cc1C(=O)O. The first-order chi connectivity index (χ1) is 19.1. The number of aromatic nitrogens is 4. The molecule has 0 amide bonds. The van der Waals surface area contributed by atoms with Gasteiger partial charge in [-0.1, -0.05) is 6.07 Å². The van der Waals surface area contributed by atoms with Gasteiger partial charge in [0, 0.05) is 28.8 Å². The number of methoxy groups -OCH3 is 1. The maximum Gasteiger partial charge on any atom is 0.339 e. The number of nitrogens with zero attached hydrogens (tertiary/aromatic N) is 4. The number of fused-ring (bicyclic) bond motifs is 1. The third-order valence-electron chi connectivity index (χ3n) is 7.74. The van der Waals surface area contributed by atoms with Gasteiger partial charge in [0.1, 0.15) is 17.1 Å². The van der Waals surface area contributed by atoms with E-state index in [1.807, 2.05) is 12.1 Å². The van der Waals surface area contributed by atoms with E-state index in [2.05, 4.69) is 10.1 Å². The zero-order valence-corrected chi connectivity index (χ0v) is 22.5. The predicted octanol–water partition coefficient (Wildman–Crippen LogP) is 3.64. The summed E-state index contributed by atoms with van der Waals surface area (Å²) in [6.07, 6.45) is 5.17. The molecule has 0 spiro atoms. The molecule has 0 radical (unpaired) electrons. The van der Waals surface area contributed by atoms with Crippen molar-refractivity contribution in [3.63, 3.8) is 0 Å². The molecule has 4 aromatic rings. The minimum absolute atomic E-state index is 0.0552. The number of ketones is 1. The molecule has 5 N–H and O–H groups in total. The first kappa shape index (κ1) is 27.2. The van der Waals surface area contributed by atoms with Crippen molar-refractivity contribution in [1.82, 2.24) is 19.6 Å². The number of benzene rings is 1. The van der Waals surface area contributed by atoms with Gasteiger partial charge in [-0.3, -0.25) is 9.78 Å². The van der Waals surface area contributed by atoms with Crippen LogP contribution in [-0.4, -0.2) is 66.0 Å². The van der Waals surface area contributed by atoms with Crippen LogP contribution in [0, 0.1) is 6.92 Å².